The van der Waals surface area contributed by atoms with Crippen molar-refractivity contribution in [2.45, 2.75) is 38.0 Å². The van der Waals surface area contributed by atoms with E-state index in [-0.39, 0.29) is 30.4 Å². The number of halogens is 6. The number of nitrogens with zero attached hydrogens (tertiary/aromatic N) is 3. The number of ether oxygens (including phenoxy) is 1. The molecule has 0 aliphatic rings. The number of rotatable bonds is 9. The molecular formula is C25H22F6N4O5. The first-order chi connectivity index (χ1) is 18.8. The SMILES string of the molecule is C[C@H](Oc1ccc(-c2nc(-c3cccc4c3ccn4CC(=O)NC[C@@H](O)CO)no2)cc1C(F)(F)F)C(F)(F)F. The number of carbonyl (C=O) groups excluding carboxylic acids is 1. The fourth-order valence-electron chi connectivity index (χ4n) is 3.76. The summed E-state index contributed by atoms with van der Waals surface area (Å²) < 4.78 is 90.8. The molecule has 0 fully saturated rings. The topological polar surface area (TPSA) is 123 Å². The van der Waals surface area contributed by atoms with E-state index in [0.717, 1.165) is 12.1 Å². The van der Waals surface area contributed by atoms with Gasteiger partial charge >= 0.3 is 12.4 Å². The smallest absolute Gasteiger partial charge is 0.425 e. The van der Waals surface area contributed by atoms with Crippen LogP contribution >= 0.6 is 0 Å². The number of aliphatic hydroxyl groups excluding tert-OH is 2. The number of hydrogen-bond donors (Lipinski definition) is 3. The summed E-state index contributed by atoms with van der Waals surface area (Å²) in [5.74, 6) is -1.71. The molecular weight excluding hydrogens is 550 g/mol. The molecule has 0 aliphatic heterocycles. The lowest BCUT2D eigenvalue weighted by atomic mass is 10.1. The summed E-state index contributed by atoms with van der Waals surface area (Å²) in [4.78, 5) is 16.4. The first-order valence-electron chi connectivity index (χ1n) is 11.7. The predicted molar refractivity (Wildman–Crippen MR) is 128 cm³/mol. The number of aromatic nitrogens is 3. The molecule has 0 saturated heterocycles. The minimum Gasteiger partial charge on any atom is -0.481 e. The molecule has 2 atom stereocenters. The van der Waals surface area contributed by atoms with Crippen LogP contribution in [0.5, 0.6) is 5.75 Å². The molecule has 9 nitrogen and oxygen atoms in total. The Balaban J connectivity index is 1.61. The Morgan fingerprint density at radius 2 is 1.90 bits per heavy atom. The Morgan fingerprint density at radius 1 is 1.15 bits per heavy atom. The molecule has 214 valence electrons. The molecule has 0 radical (unpaired) electrons. The van der Waals surface area contributed by atoms with Gasteiger partial charge in [0.05, 0.1) is 18.3 Å². The van der Waals surface area contributed by atoms with Crippen molar-refractivity contribution in [2.24, 2.45) is 0 Å². The van der Waals surface area contributed by atoms with Gasteiger partial charge in [0, 0.05) is 34.8 Å². The van der Waals surface area contributed by atoms with Gasteiger partial charge in [0.15, 0.2) is 6.10 Å². The fourth-order valence-corrected chi connectivity index (χ4v) is 3.76. The zero-order valence-corrected chi connectivity index (χ0v) is 20.6. The Bertz CT molecular complexity index is 1500. The van der Waals surface area contributed by atoms with Crippen molar-refractivity contribution >= 4 is 16.8 Å². The minimum atomic E-state index is -5.03. The van der Waals surface area contributed by atoms with Crippen LogP contribution < -0.4 is 10.1 Å². The summed E-state index contributed by atoms with van der Waals surface area (Å²) in [7, 11) is 0. The van der Waals surface area contributed by atoms with E-state index in [1.807, 2.05) is 0 Å². The molecule has 3 N–H and O–H groups in total. The Hall–Kier alpha value is -4.11. The maximum Gasteiger partial charge on any atom is 0.425 e. The van der Waals surface area contributed by atoms with Crippen molar-refractivity contribution in [3.05, 3.63) is 54.2 Å². The number of benzene rings is 2. The highest BCUT2D eigenvalue weighted by molar-refractivity contribution is 5.94. The first kappa shape index (κ1) is 28.9. The molecule has 4 aromatic rings. The van der Waals surface area contributed by atoms with Gasteiger partial charge in [0.1, 0.15) is 12.3 Å². The molecule has 2 aromatic carbocycles. The number of hydrogen-bond acceptors (Lipinski definition) is 7. The van der Waals surface area contributed by atoms with Crippen LogP contribution in [0.1, 0.15) is 12.5 Å². The van der Waals surface area contributed by atoms with Crippen molar-refractivity contribution in [1.29, 1.82) is 0 Å². The third-order valence-corrected chi connectivity index (χ3v) is 5.84. The molecule has 2 heterocycles. The van der Waals surface area contributed by atoms with Gasteiger partial charge in [-0.15, -0.1) is 0 Å². The third-order valence-electron chi connectivity index (χ3n) is 5.84. The molecule has 0 unspecified atom stereocenters. The molecule has 0 aliphatic carbocycles. The lowest BCUT2D eigenvalue weighted by molar-refractivity contribution is -0.191. The normalized spacial score (nSPS) is 13.8. The summed E-state index contributed by atoms with van der Waals surface area (Å²) in [6.45, 7) is -0.143. The fraction of sp³-hybridized carbons (Fsp3) is 0.320. The maximum atomic E-state index is 13.7. The number of alkyl halides is 6. The quantitative estimate of drug-likeness (QED) is 0.257. The molecule has 0 bridgehead atoms. The summed E-state index contributed by atoms with van der Waals surface area (Å²) in [6.07, 6.45) is -11.8. The number of nitrogens with one attached hydrogen (secondary N) is 1. The average molecular weight is 572 g/mol. The van der Waals surface area contributed by atoms with Gasteiger partial charge in [-0.3, -0.25) is 4.79 Å². The van der Waals surface area contributed by atoms with E-state index in [9.17, 15) is 36.2 Å². The van der Waals surface area contributed by atoms with Gasteiger partial charge in [0.2, 0.25) is 11.7 Å². The summed E-state index contributed by atoms with van der Waals surface area (Å²) in [6, 6.07) is 9.07. The van der Waals surface area contributed by atoms with Crippen LogP contribution in [0.4, 0.5) is 26.3 Å². The van der Waals surface area contributed by atoms with Crippen LogP contribution in [0.3, 0.4) is 0 Å². The van der Waals surface area contributed by atoms with E-state index in [2.05, 4.69) is 20.2 Å². The number of amides is 1. The van der Waals surface area contributed by atoms with Crippen LogP contribution in [-0.2, 0) is 17.5 Å². The Labute approximate surface area is 222 Å². The van der Waals surface area contributed by atoms with Gasteiger partial charge in [-0.2, -0.15) is 31.3 Å². The van der Waals surface area contributed by atoms with Crippen LogP contribution in [0, 0.1) is 0 Å². The summed E-state index contributed by atoms with van der Waals surface area (Å²) in [5, 5.41) is 25.2. The zero-order chi connectivity index (χ0) is 29.2. The van der Waals surface area contributed by atoms with Gasteiger partial charge in [-0.05, 0) is 37.3 Å². The molecule has 0 spiro atoms. The zero-order valence-electron chi connectivity index (χ0n) is 20.6. The Kier molecular flexibility index (Phi) is 8.07. The standard InChI is InChI=1S/C25H22F6N4O5/c1-13(24(26,27)28)39-20-6-5-14(9-18(20)25(29,30)31)23-33-22(34-40-23)17-3-2-4-19-16(17)7-8-35(19)11-21(38)32-10-15(37)12-36/h2-9,13,15,36-37H,10-12H2,1H3,(H,32,38)/t13-,15+/m0/s1. The molecule has 2 aromatic heterocycles. The largest absolute Gasteiger partial charge is 0.481 e. The van der Waals surface area contributed by atoms with Crippen molar-refractivity contribution in [3.8, 4) is 28.6 Å². The molecule has 40 heavy (non-hydrogen) atoms. The molecule has 0 saturated carbocycles. The summed E-state index contributed by atoms with van der Waals surface area (Å²) >= 11 is 0. The molecule has 1 amide bonds. The second-order valence-electron chi connectivity index (χ2n) is 8.76. The van der Waals surface area contributed by atoms with Crippen LogP contribution in [-0.4, -0.2) is 62.4 Å². The first-order valence-corrected chi connectivity index (χ1v) is 11.7. The molecule has 4 rings (SSSR count). The van der Waals surface area contributed by atoms with E-state index in [1.54, 1.807) is 35.0 Å². The predicted octanol–water partition coefficient (Wildman–Crippen LogP) is 4.18. The Morgan fingerprint density at radius 3 is 2.58 bits per heavy atom. The number of aliphatic hydroxyl groups is 2. The maximum absolute atomic E-state index is 13.7. The highest BCUT2D eigenvalue weighted by Gasteiger charge is 2.41. The van der Waals surface area contributed by atoms with E-state index >= 15 is 0 Å². The number of fused-ring (bicyclic) bond motifs is 1. The van der Waals surface area contributed by atoms with E-state index in [1.165, 1.54) is 0 Å². The highest BCUT2D eigenvalue weighted by atomic mass is 19.4. The van der Waals surface area contributed by atoms with E-state index in [4.69, 9.17) is 9.63 Å². The molecule has 15 heteroatoms. The van der Waals surface area contributed by atoms with Crippen LogP contribution in [0.25, 0.3) is 33.7 Å². The van der Waals surface area contributed by atoms with Crippen molar-refractivity contribution in [1.82, 2.24) is 20.0 Å². The second-order valence-corrected chi connectivity index (χ2v) is 8.76. The highest BCUT2D eigenvalue weighted by Crippen LogP contribution is 2.40. The van der Waals surface area contributed by atoms with Gasteiger partial charge < -0.3 is 29.4 Å². The van der Waals surface area contributed by atoms with Gasteiger partial charge in [-0.1, -0.05) is 17.3 Å². The van der Waals surface area contributed by atoms with E-state index in [0.29, 0.717) is 29.5 Å². The van der Waals surface area contributed by atoms with Gasteiger partial charge in [0.25, 0.3) is 5.89 Å². The average Bonchev–Trinajstić information content (AvgIpc) is 3.54. The van der Waals surface area contributed by atoms with E-state index < -0.39 is 48.4 Å². The van der Waals surface area contributed by atoms with Crippen LogP contribution in [0.15, 0.2) is 53.2 Å². The number of carbonyl (C=O) groups is 1. The minimum absolute atomic E-state index is 0.0217. The van der Waals surface area contributed by atoms with Gasteiger partial charge in [-0.25, -0.2) is 0 Å². The monoisotopic (exact) mass is 572 g/mol. The lowest BCUT2D eigenvalue weighted by Gasteiger charge is -2.20. The lowest BCUT2D eigenvalue weighted by Crippen LogP contribution is -2.35. The third kappa shape index (κ3) is 6.37. The van der Waals surface area contributed by atoms with Crippen molar-refractivity contribution < 1.29 is 50.6 Å². The van der Waals surface area contributed by atoms with Crippen molar-refractivity contribution in [3.63, 3.8) is 0 Å². The summed E-state index contributed by atoms with van der Waals surface area (Å²) in [5.41, 5.74) is -0.590. The second kappa shape index (κ2) is 11.2. The van der Waals surface area contributed by atoms with Crippen molar-refractivity contribution in [2.75, 3.05) is 13.2 Å². The van der Waals surface area contributed by atoms with Crippen LogP contribution in [0.2, 0.25) is 0 Å².